The molecule has 0 radical (unpaired) electrons. The van der Waals surface area contributed by atoms with Crippen molar-refractivity contribution < 1.29 is 50.4 Å². The van der Waals surface area contributed by atoms with Crippen molar-refractivity contribution in [3.8, 4) is 0 Å². The number of carbonyl (C=O) groups is 2. The molecule has 0 saturated heterocycles. The third-order valence-electron chi connectivity index (χ3n) is 0.570. The van der Waals surface area contributed by atoms with E-state index >= 15 is 0 Å². The van der Waals surface area contributed by atoms with Crippen molar-refractivity contribution in [1.82, 2.24) is 0 Å². The molecule has 0 unspecified atom stereocenters. The van der Waals surface area contributed by atoms with Crippen LogP contribution >= 0.6 is 0 Å². The van der Waals surface area contributed by atoms with Gasteiger partial charge in [-0.15, -0.1) is 0 Å². The fraction of sp³-hybridized carbons (Fsp3) is 0. The second kappa shape index (κ2) is 7.36. The third-order valence-corrected chi connectivity index (χ3v) is 3.47. The van der Waals surface area contributed by atoms with Gasteiger partial charge in [-0.1, -0.05) is 0 Å². The van der Waals surface area contributed by atoms with E-state index in [9.17, 15) is 9.59 Å². The Morgan fingerprint density at radius 2 is 1.40 bits per heavy atom. The van der Waals surface area contributed by atoms with Gasteiger partial charge in [0.05, 0.1) is 0 Å². The topological polar surface area (TPSA) is 34.1 Å². The quantitative estimate of drug-likeness (QED) is 0.556. The predicted octanol–water partition coefficient (Wildman–Crippen LogP) is 0.492. The van der Waals surface area contributed by atoms with E-state index in [0.717, 1.165) is 0 Å². The molecule has 0 fully saturated rings. The summed E-state index contributed by atoms with van der Waals surface area (Å²) in [5, 5.41) is 0. The molecule has 2 nitrogen and oxygen atoms in total. The molecule has 0 heterocycles. The SMILES string of the molecule is C=C[C](=O)[Ta][C](=O)C=C.[W]. The van der Waals surface area contributed by atoms with E-state index in [1.807, 2.05) is 0 Å². The van der Waals surface area contributed by atoms with Crippen molar-refractivity contribution in [2.24, 2.45) is 0 Å². The van der Waals surface area contributed by atoms with Crippen LogP contribution in [0.25, 0.3) is 0 Å². The molecule has 0 aliphatic carbocycles. The van der Waals surface area contributed by atoms with E-state index in [4.69, 9.17) is 0 Å². The largest absolute Gasteiger partial charge is 0 e. The maximum atomic E-state index is 10.5. The zero-order chi connectivity index (χ0) is 7.28. The Hall–Kier alpha value is 0.249. The number of hydrogen-bond donors (Lipinski definition) is 0. The van der Waals surface area contributed by atoms with Crippen molar-refractivity contribution >= 4 is 8.00 Å². The smallest absolute Gasteiger partial charge is 0 e. The summed E-state index contributed by atoms with van der Waals surface area (Å²) in [4.78, 5) is 20.9. The first-order chi connectivity index (χ1) is 4.20. The summed E-state index contributed by atoms with van der Waals surface area (Å²) in [5.41, 5.74) is 0. The first kappa shape index (κ1) is 12.9. The van der Waals surface area contributed by atoms with Crippen molar-refractivity contribution in [3.05, 3.63) is 25.3 Å². The van der Waals surface area contributed by atoms with E-state index in [0.29, 0.717) is 0 Å². The fourth-order valence-corrected chi connectivity index (χ4v) is 1.64. The molecule has 53 valence electrons. The van der Waals surface area contributed by atoms with Crippen LogP contribution in [-0.2, 0) is 50.4 Å². The van der Waals surface area contributed by atoms with E-state index in [2.05, 4.69) is 13.2 Å². The predicted molar refractivity (Wildman–Crippen MR) is 30.4 cm³/mol. The molecule has 0 bridgehead atoms. The molecule has 0 N–H and O–H groups in total. The summed E-state index contributed by atoms with van der Waals surface area (Å²) in [6.07, 6.45) is 2.41. The minimum atomic E-state index is -1.60. The molecule has 4 heteroatoms. The van der Waals surface area contributed by atoms with E-state index < -0.39 is 19.8 Å². The fourth-order valence-electron chi connectivity index (χ4n) is 0.200. The Kier molecular flexibility index (Phi) is 9.48. The van der Waals surface area contributed by atoms with Crippen molar-refractivity contribution in [2.75, 3.05) is 0 Å². The van der Waals surface area contributed by atoms with Gasteiger partial charge in [0.25, 0.3) is 0 Å². The van der Waals surface area contributed by atoms with E-state index in [1.54, 1.807) is 0 Å². The molecule has 0 aromatic carbocycles. The molecule has 0 spiro atoms. The van der Waals surface area contributed by atoms with Gasteiger partial charge in [-0.05, 0) is 0 Å². The minimum absolute atomic E-state index is 0. The Balaban J connectivity index is 0. The summed E-state index contributed by atoms with van der Waals surface area (Å²) < 4.78 is -0.167. The molecule has 0 atom stereocenters. The molecule has 0 rings (SSSR count). The van der Waals surface area contributed by atoms with Crippen LogP contribution in [0.3, 0.4) is 0 Å². The van der Waals surface area contributed by atoms with Gasteiger partial charge in [0, 0.05) is 21.1 Å². The summed E-state index contributed by atoms with van der Waals surface area (Å²) >= 11 is -1.60. The number of rotatable bonds is 4. The summed E-state index contributed by atoms with van der Waals surface area (Å²) in [6.45, 7) is 6.51. The van der Waals surface area contributed by atoms with Gasteiger partial charge in [-0.2, -0.15) is 0 Å². The van der Waals surface area contributed by atoms with Gasteiger partial charge in [0.2, 0.25) is 0 Å². The second-order valence-electron chi connectivity index (χ2n) is 1.20. The van der Waals surface area contributed by atoms with Crippen LogP contribution in [-0.4, -0.2) is 8.00 Å². The maximum Gasteiger partial charge on any atom is 0 e. The molecule has 0 aromatic heterocycles. The Bertz CT molecular complexity index is 147. The molecule has 0 aliphatic heterocycles. The normalized spacial score (nSPS) is 6.80. The van der Waals surface area contributed by atoms with Crippen molar-refractivity contribution in [2.45, 2.75) is 0 Å². The molecule has 0 aliphatic rings. The maximum absolute atomic E-state index is 10.5. The monoisotopic (exact) mass is 475 g/mol. The van der Waals surface area contributed by atoms with Crippen LogP contribution in [0.5, 0.6) is 0 Å². The van der Waals surface area contributed by atoms with E-state index in [1.165, 1.54) is 12.2 Å². The summed E-state index contributed by atoms with van der Waals surface area (Å²) in [7, 11) is 0. The first-order valence-electron chi connectivity index (χ1n) is 2.25. The molecular weight excluding hydrogens is 469 g/mol. The number of carbonyl (C=O) groups excluding carboxylic acids is 2. The zero-order valence-electron chi connectivity index (χ0n) is 5.24. The zero-order valence-corrected chi connectivity index (χ0v) is 11.4. The average molecular weight is 475 g/mol. The van der Waals surface area contributed by atoms with Crippen LogP contribution in [0.1, 0.15) is 0 Å². The molecular formula is C6H6O2TaW. The van der Waals surface area contributed by atoms with Gasteiger partial charge in [-0.25, -0.2) is 0 Å². The van der Waals surface area contributed by atoms with Crippen LogP contribution in [0, 0.1) is 0 Å². The van der Waals surface area contributed by atoms with Gasteiger partial charge >= 0.3 is 62.7 Å². The van der Waals surface area contributed by atoms with Crippen LogP contribution in [0.4, 0.5) is 0 Å². The van der Waals surface area contributed by atoms with Crippen molar-refractivity contribution in [1.29, 1.82) is 0 Å². The standard InChI is InChI=1S/2C3H3O.Ta.W/c2*1-2-3-4;;/h2*2H,1H2;;. The van der Waals surface area contributed by atoms with Crippen LogP contribution in [0.15, 0.2) is 25.3 Å². The first-order valence-corrected chi connectivity index (χ1v) is 5.46. The Morgan fingerprint density at radius 3 is 1.60 bits per heavy atom. The number of allylic oxidation sites excluding steroid dienone is 2. The van der Waals surface area contributed by atoms with Gasteiger partial charge in [-0.3, -0.25) is 0 Å². The summed E-state index contributed by atoms with van der Waals surface area (Å²) in [6, 6.07) is 0. The third kappa shape index (κ3) is 6.37. The molecule has 10 heavy (non-hydrogen) atoms. The van der Waals surface area contributed by atoms with Gasteiger partial charge < -0.3 is 0 Å². The van der Waals surface area contributed by atoms with Crippen molar-refractivity contribution in [3.63, 3.8) is 0 Å². The van der Waals surface area contributed by atoms with E-state index in [-0.39, 0.29) is 29.1 Å². The van der Waals surface area contributed by atoms with Gasteiger partial charge in [0.1, 0.15) is 0 Å². The molecule has 0 saturated carbocycles. The Morgan fingerprint density at radius 1 is 1.10 bits per heavy atom. The Labute approximate surface area is 83.3 Å². The van der Waals surface area contributed by atoms with Gasteiger partial charge in [0.15, 0.2) is 0 Å². The molecule has 0 amide bonds. The van der Waals surface area contributed by atoms with Crippen LogP contribution < -0.4 is 0 Å². The molecule has 0 aromatic rings. The number of hydrogen-bond acceptors (Lipinski definition) is 2. The van der Waals surface area contributed by atoms with Crippen LogP contribution in [0.2, 0.25) is 0 Å². The minimum Gasteiger partial charge on any atom is 0 e. The second-order valence-corrected chi connectivity index (χ2v) is 5.17. The average Bonchev–Trinajstić information content (AvgIpc) is 1.87. The summed E-state index contributed by atoms with van der Waals surface area (Å²) in [5.74, 6) is 0.